The van der Waals surface area contributed by atoms with Crippen molar-refractivity contribution >= 4 is 5.91 Å². The third-order valence-corrected chi connectivity index (χ3v) is 1.51. The Morgan fingerprint density at radius 3 is 2.83 bits per heavy atom. The summed E-state index contributed by atoms with van der Waals surface area (Å²) < 4.78 is 1.90. The number of nitrogens with two attached hydrogens (primary N) is 1. The van der Waals surface area contributed by atoms with Gasteiger partial charge in [0.25, 0.3) is 5.91 Å². The minimum absolute atomic E-state index is 0. The third-order valence-electron chi connectivity index (χ3n) is 1.51. The predicted octanol–water partition coefficient (Wildman–Crippen LogP) is -2.90. The molecule has 2 N–H and O–H groups in total. The van der Waals surface area contributed by atoms with Crippen LogP contribution < -0.4 is 27.3 Å². The van der Waals surface area contributed by atoms with Gasteiger partial charge in [0, 0.05) is 6.07 Å². The Kier molecular flexibility index (Phi) is 4.51. The first-order chi connectivity index (χ1) is 5.24. The fourth-order valence-corrected chi connectivity index (χ4v) is 0.864. The number of carbonyl (C=O) groups excluding carboxylic acids is 1. The van der Waals surface area contributed by atoms with Crippen molar-refractivity contribution in [1.82, 2.24) is 0 Å². The van der Waals surface area contributed by atoms with E-state index in [9.17, 15) is 4.79 Å². The Hall–Kier alpha value is -0.900. The molecule has 0 spiro atoms. The highest BCUT2D eigenvalue weighted by Gasteiger charge is 2.03. The van der Waals surface area contributed by atoms with Crippen LogP contribution in [0.15, 0.2) is 24.5 Å². The smallest absolute Gasteiger partial charge is 0.254 e. The zero-order valence-electron chi connectivity index (χ0n) is 6.83. The molecule has 0 aromatic carbocycles. The minimum atomic E-state index is -0.382. The number of rotatable bonds is 2. The second-order valence-corrected chi connectivity index (χ2v) is 2.29. The normalized spacial score (nSPS) is 8.75. The second kappa shape index (κ2) is 4.87. The van der Waals surface area contributed by atoms with Gasteiger partial charge in [-0.2, -0.15) is 0 Å². The summed E-state index contributed by atoms with van der Waals surface area (Å²) in [6.07, 6.45) is 3.63. The first-order valence-electron chi connectivity index (χ1n) is 3.53. The Morgan fingerprint density at radius 2 is 2.33 bits per heavy atom. The molecule has 3 nitrogen and oxygen atoms in total. The van der Waals surface area contributed by atoms with Crippen molar-refractivity contribution in [3.63, 3.8) is 0 Å². The Bertz CT molecular complexity index is 276. The predicted molar refractivity (Wildman–Crippen MR) is 40.8 cm³/mol. The van der Waals surface area contributed by atoms with E-state index in [1.807, 2.05) is 23.8 Å². The van der Waals surface area contributed by atoms with Crippen molar-refractivity contribution in [1.29, 1.82) is 0 Å². The van der Waals surface area contributed by atoms with E-state index in [0.717, 1.165) is 6.54 Å². The van der Waals surface area contributed by atoms with Crippen molar-refractivity contribution in [3.8, 4) is 0 Å². The number of pyridine rings is 1. The summed E-state index contributed by atoms with van der Waals surface area (Å²) in [6.45, 7) is 2.85. The van der Waals surface area contributed by atoms with Crippen LogP contribution in [-0.4, -0.2) is 5.91 Å². The van der Waals surface area contributed by atoms with E-state index in [1.165, 1.54) is 0 Å². The SMILES string of the molecule is CC[15n+]1cccc(C(N)=O)c1.[Br-]. The summed E-state index contributed by atoms with van der Waals surface area (Å²) in [5.41, 5.74) is 5.64. The Morgan fingerprint density at radius 1 is 1.67 bits per heavy atom. The lowest BCUT2D eigenvalue weighted by atomic mass is 10.3. The lowest BCUT2D eigenvalue weighted by molar-refractivity contribution is -0.693. The van der Waals surface area contributed by atoms with Crippen LogP contribution in [0.3, 0.4) is 0 Å². The maximum Gasteiger partial charge on any atom is 0.254 e. The number of carbonyl (C=O) groups is 1. The highest BCUT2D eigenvalue weighted by atomic mass is 79.9. The quantitative estimate of drug-likeness (QED) is 0.546. The average Bonchev–Trinajstić information content (AvgIpc) is 2.05. The number of aromatic nitrogens is 1. The molecule has 0 bridgehead atoms. The molecule has 0 radical (unpaired) electrons. The van der Waals surface area contributed by atoms with Gasteiger partial charge in [0.15, 0.2) is 12.4 Å². The van der Waals surface area contributed by atoms with Crippen LogP contribution in [0.5, 0.6) is 0 Å². The lowest BCUT2D eigenvalue weighted by Crippen LogP contribution is -3.00. The Labute approximate surface area is 82.0 Å². The molecule has 0 unspecified atom stereocenters. The van der Waals surface area contributed by atoms with E-state index in [0.29, 0.717) is 5.56 Å². The maximum atomic E-state index is 10.7. The molecular weight excluding hydrogens is 221 g/mol. The van der Waals surface area contributed by atoms with Crippen LogP contribution in [0, 0.1) is 0 Å². The fourth-order valence-electron chi connectivity index (χ4n) is 0.864. The zero-order valence-corrected chi connectivity index (χ0v) is 8.41. The van der Waals surface area contributed by atoms with Gasteiger partial charge in [0.1, 0.15) is 12.1 Å². The second-order valence-electron chi connectivity index (χ2n) is 2.29. The van der Waals surface area contributed by atoms with Crippen LogP contribution in [0.25, 0.3) is 0 Å². The van der Waals surface area contributed by atoms with Gasteiger partial charge < -0.3 is 22.7 Å². The summed E-state index contributed by atoms with van der Waals surface area (Å²) in [7, 11) is 0. The molecule has 0 saturated carbocycles. The lowest BCUT2D eigenvalue weighted by Gasteiger charge is -1.93. The van der Waals surface area contributed by atoms with E-state index in [-0.39, 0.29) is 22.9 Å². The van der Waals surface area contributed by atoms with Gasteiger partial charge in [-0.3, -0.25) is 4.79 Å². The first-order valence-corrected chi connectivity index (χ1v) is 3.53. The van der Waals surface area contributed by atoms with Crippen LogP contribution in [0.2, 0.25) is 0 Å². The average molecular weight is 232 g/mol. The number of amides is 1. The molecule has 1 aromatic rings. The Balaban J connectivity index is 0.00000121. The number of hydrogen-bond acceptors (Lipinski definition) is 1. The summed E-state index contributed by atoms with van der Waals surface area (Å²) in [5, 5.41) is 0. The molecule has 0 aliphatic heterocycles. The highest BCUT2D eigenvalue weighted by molar-refractivity contribution is 5.92. The molecule has 0 saturated heterocycles. The number of hydrogen-bond donors (Lipinski definition) is 1. The summed E-state index contributed by atoms with van der Waals surface area (Å²) >= 11 is 0. The van der Waals surface area contributed by atoms with Crippen molar-refractivity contribution in [3.05, 3.63) is 30.1 Å². The van der Waals surface area contributed by atoms with E-state index >= 15 is 0 Å². The molecule has 1 amide bonds. The van der Waals surface area contributed by atoms with Gasteiger partial charge in [0.2, 0.25) is 0 Å². The highest BCUT2D eigenvalue weighted by Crippen LogP contribution is 1.91. The van der Waals surface area contributed by atoms with Crippen molar-refractivity contribution in [2.24, 2.45) is 5.73 Å². The van der Waals surface area contributed by atoms with Gasteiger partial charge in [-0.15, -0.1) is 0 Å². The molecule has 4 heteroatoms. The number of aryl methyl sites for hydroxylation is 1. The number of nitrogens with zero attached hydrogens (tertiary/aromatic N) is 1. The summed E-state index contributed by atoms with van der Waals surface area (Å²) in [5.74, 6) is -0.382. The molecule has 12 heavy (non-hydrogen) atoms. The van der Waals surface area contributed by atoms with Crippen LogP contribution in [0.4, 0.5) is 0 Å². The number of halogens is 1. The molecule has 1 aromatic heterocycles. The molecule has 66 valence electrons. The number of primary amides is 1. The van der Waals surface area contributed by atoms with E-state index in [4.69, 9.17) is 5.73 Å². The standard InChI is InChI=1S/C8H10N2O.BrH/c1-2-10-5-3-4-7(6-10)8(9)11;/h3-6H,2H2,1H3,(H-,9,11);1H/i10+1;. The molecule has 1 heterocycles. The van der Waals surface area contributed by atoms with Gasteiger partial charge in [-0.1, -0.05) is 0 Å². The van der Waals surface area contributed by atoms with E-state index in [1.54, 1.807) is 12.3 Å². The molecule has 0 aliphatic rings. The molecule has 0 atom stereocenters. The topological polar surface area (TPSA) is 47.0 Å². The van der Waals surface area contributed by atoms with E-state index in [2.05, 4.69) is 0 Å². The molecule has 1 rings (SSSR count). The van der Waals surface area contributed by atoms with Crippen LogP contribution in [0.1, 0.15) is 17.3 Å². The monoisotopic (exact) mass is 231 g/mol. The van der Waals surface area contributed by atoms with Gasteiger partial charge in [-0.25, -0.2) is 4.57 Å². The first kappa shape index (κ1) is 11.1. The minimum Gasteiger partial charge on any atom is -1.00 e. The zero-order chi connectivity index (χ0) is 8.27. The van der Waals surface area contributed by atoms with Gasteiger partial charge in [-0.05, 0) is 13.0 Å². The van der Waals surface area contributed by atoms with E-state index < -0.39 is 0 Å². The maximum absolute atomic E-state index is 10.7. The van der Waals surface area contributed by atoms with Crippen LogP contribution >= 0.6 is 0 Å². The fraction of sp³-hybridized carbons (Fsp3) is 0.250. The molecule has 0 fully saturated rings. The van der Waals surface area contributed by atoms with Crippen molar-refractivity contribution < 1.29 is 26.3 Å². The molecular formula is C8H11BrN2O. The largest absolute Gasteiger partial charge is 1.00 e. The van der Waals surface area contributed by atoms with Gasteiger partial charge >= 0.3 is 0 Å². The molecule has 0 aliphatic carbocycles. The summed E-state index contributed by atoms with van der Waals surface area (Å²) in [6, 6.07) is 3.51. The van der Waals surface area contributed by atoms with Crippen molar-refractivity contribution in [2.45, 2.75) is 13.5 Å². The third kappa shape index (κ3) is 2.62. The van der Waals surface area contributed by atoms with Crippen LogP contribution in [-0.2, 0) is 6.54 Å². The van der Waals surface area contributed by atoms with Crippen molar-refractivity contribution in [2.75, 3.05) is 0 Å². The van der Waals surface area contributed by atoms with Gasteiger partial charge in [0.05, 0.1) is 0 Å². The summed E-state index contributed by atoms with van der Waals surface area (Å²) in [4.78, 5) is 10.7.